The quantitative estimate of drug-likeness (QED) is 0.475. The van der Waals surface area contributed by atoms with Gasteiger partial charge in [-0.1, -0.05) is 24.6 Å². The fourth-order valence-corrected chi connectivity index (χ4v) is 3.43. The van der Waals surface area contributed by atoms with E-state index in [9.17, 15) is 4.79 Å². The van der Waals surface area contributed by atoms with Crippen LogP contribution < -0.4 is 0 Å². The van der Waals surface area contributed by atoms with E-state index in [1.807, 2.05) is 35.1 Å². The van der Waals surface area contributed by atoms with Gasteiger partial charge in [0.2, 0.25) is 0 Å². The van der Waals surface area contributed by atoms with Crippen LogP contribution >= 0.6 is 23.4 Å². The molecule has 0 radical (unpaired) electrons. The Labute approximate surface area is 139 Å². The second-order valence-electron chi connectivity index (χ2n) is 5.09. The summed E-state index contributed by atoms with van der Waals surface area (Å²) in [5, 5.41) is 0.675. The Morgan fingerprint density at radius 3 is 2.68 bits per heavy atom. The lowest BCUT2D eigenvalue weighted by atomic mass is 10.1. The van der Waals surface area contributed by atoms with Gasteiger partial charge >= 0.3 is 0 Å². The molecule has 0 aliphatic heterocycles. The van der Waals surface area contributed by atoms with E-state index < -0.39 is 0 Å². The van der Waals surface area contributed by atoms with Crippen LogP contribution in [-0.4, -0.2) is 16.9 Å². The number of hydrogen-bond acceptors (Lipinski definition) is 2. The molecule has 3 aromatic rings. The minimum atomic E-state index is 0.669. The third-order valence-electron chi connectivity index (χ3n) is 3.84. The Morgan fingerprint density at radius 2 is 2.00 bits per heavy atom. The highest BCUT2D eigenvalue weighted by Crippen LogP contribution is 2.36. The molecule has 0 unspecified atom stereocenters. The first kappa shape index (κ1) is 15.2. The zero-order valence-electron chi connectivity index (χ0n) is 12.5. The van der Waals surface area contributed by atoms with Gasteiger partial charge in [0.25, 0.3) is 0 Å². The fraction of sp³-hybridized carbons (Fsp3) is 0.167. The number of benzene rings is 1. The van der Waals surface area contributed by atoms with Crippen molar-refractivity contribution in [3.8, 4) is 11.1 Å². The zero-order valence-corrected chi connectivity index (χ0v) is 14.0. The van der Waals surface area contributed by atoms with E-state index in [1.54, 1.807) is 11.8 Å². The number of aryl methyl sites for hydroxylation is 1. The summed E-state index contributed by atoms with van der Waals surface area (Å²) < 4.78 is 1.96. The van der Waals surface area contributed by atoms with Gasteiger partial charge in [0.1, 0.15) is 0 Å². The van der Waals surface area contributed by atoms with Crippen LogP contribution in [0.3, 0.4) is 0 Å². The maximum absolute atomic E-state index is 11.7. The number of thioether (sulfide) groups is 1. The van der Waals surface area contributed by atoms with Gasteiger partial charge in [-0.2, -0.15) is 0 Å². The molecule has 0 fully saturated rings. The normalized spacial score (nSPS) is 11.0. The van der Waals surface area contributed by atoms with Crippen LogP contribution in [0.4, 0.5) is 0 Å². The van der Waals surface area contributed by atoms with Crippen LogP contribution in [0.1, 0.15) is 23.0 Å². The van der Waals surface area contributed by atoms with Gasteiger partial charge in [-0.15, -0.1) is 11.8 Å². The first-order valence-electron chi connectivity index (χ1n) is 7.11. The topological polar surface area (TPSA) is 21.5 Å². The molecule has 0 amide bonds. The van der Waals surface area contributed by atoms with Crippen LogP contribution in [0.5, 0.6) is 0 Å². The Hall–Kier alpha value is -1.71. The minimum absolute atomic E-state index is 0.669. The van der Waals surface area contributed by atoms with Crippen LogP contribution in [0.15, 0.2) is 47.5 Å². The molecule has 0 atom stereocenters. The summed E-state index contributed by atoms with van der Waals surface area (Å²) in [6, 6.07) is 12.0. The highest BCUT2D eigenvalue weighted by molar-refractivity contribution is 7.98. The second-order valence-corrected chi connectivity index (χ2v) is 6.38. The Balaban J connectivity index is 2.31. The average Bonchev–Trinajstić information content (AvgIpc) is 2.92. The Kier molecular flexibility index (Phi) is 4.27. The third kappa shape index (κ3) is 2.55. The van der Waals surface area contributed by atoms with Crippen LogP contribution in [0.25, 0.3) is 16.6 Å². The number of aldehydes is 1. The largest absolute Gasteiger partial charge is 0.313 e. The van der Waals surface area contributed by atoms with Gasteiger partial charge in [-0.3, -0.25) is 4.79 Å². The van der Waals surface area contributed by atoms with Gasteiger partial charge < -0.3 is 4.40 Å². The molecule has 112 valence electrons. The highest BCUT2D eigenvalue weighted by atomic mass is 35.5. The van der Waals surface area contributed by atoms with Crippen molar-refractivity contribution in [2.45, 2.75) is 18.2 Å². The monoisotopic (exact) mass is 329 g/mol. The summed E-state index contributed by atoms with van der Waals surface area (Å²) in [5.41, 5.74) is 4.82. The lowest BCUT2D eigenvalue weighted by Gasteiger charge is -2.07. The van der Waals surface area contributed by atoms with Crippen molar-refractivity contribution in [1.82, 2.24) is 4.40 Å². The average molecular weight is 330 g/mol. The van der Waals surface area contributed by atoms with E-state index in [1.165, 1.54) is 5.56 Å². The number of rotatable bonds is 4. The maximum atomic E-state index is 11.7. The number of halogens is 1. The van der Waals surface area contributed by atoms with Gasteiger partial charge in [-0.05, 0) is 54.1 Å². The standard InChI is InChI=1S/C18H16ClNOS/c1-3-12-4-6-14-9-15(17(11-21)20(14)10-12)16-8-13(19)5-7-18(16)22-2/h4-11H,3H2,1-2H3. The van der Waals surface area contributed by atoms with Crippen molar-refractivity contribution in [3.63, 3.8) is 0 Å². The van der Waals surface area contributed by atoms with Crippen molar-refractivity contribution >= 4 is 35.2 Å². The molecule has 2 heterocycles. The molecular formula is C18H16ClNOS. The maximum Gasteiger partial charge on any atom is 0.167 e. The van der Waals surface area contributed by atoms with Crippen LogP contribution in [-0.2, 0) is 6.42 Å². The number of hydrogen-bond donors (Lipinski definition) is 0. The molecular weight excluding hydrogens is 314 g/mol. The van der Waals surface area contributed by atoms with E-state index in [0.29, 0.717) is 10.7 Å². The van der Waals surface area contributed by atoms with Crippen molar-refractivity contribution in [3.05, 3.63) is 58.9 Å². The molecule has 22 heavy (non-hydrogen) atoms. The molecule has 2 nitrogen and oxygen atoms in total. The van der Waals surface area contributed by atoms with Gasteiger partial charge in [0.05, 0.1) is 5.69 Å². The summed E-state index contributed by atoms with van der Waals surface area (Å²) in [7, 11) is 0. The summed E-state index contributed by atoms with van der Waals surface area (Å²) in [4.78, 5) is 12.8. The first-order valence-corrected chi connectivity index (χ1v) is 8.71. The van der Waals surface area contributed by atoms with E-state index in [4.69, 9.17) is 11.6 Å². The molecule has 1 aromatic carbocycles. The Bertz CT molecular complexity index is 854. The van der Waals surface area contributed by atoms with E-state index in [0.717, 1.165) is 34.2 Å². The van der Waals surface area contributed by atoms with E-state index in [-0.39, 0.29) is 0 Å². The lowest BCUT2D eigenvalue weighted by Crippen LogP contribution is -1.95. The number of nitrogens with zero attached hydrogens (tertiary/aromatic N) is 1. The summed E-state index contributed by atoms with van der Waals surface area (Å²) in [5.74, 6) is 0. The van der Waals surface area contributed by atoms with E-state index >= 15 is 0 Å². The minimum Gasteiger partial charge on any atom is -0.313 e. The van der Waals surface area contributed by atoms with Crippen molar-refractivity contribution in [1.29, 1.82) is 0 Å². The number of aromatic nitrogens is 1. The molecule has 0 saturated heterocycles. The summed E-state index contributed by atoms with van der Waals surface area (Å²) >= 11 is 7.81. The number of fused-ring (bicyclic) bond motifs is 1. The molecule has 0 aliphatic rings. The summed E-state index contributed by atoms with van der Waals surface area (Å²) in [6.07, 6.45) is 5.92. The number of carbonyl (C=O) groups excluding carboxylic acids is 1. The van der Waals surface area contributed by atoms with Gasteiger partial charge in [0.15, 0.2) is 6.29 Å². The summed E-state index contributed by atoms with van der Waals surface area (Å²) in [6.45, 7) is 2.11. The number of pyridine rings is 1. The first-order chi connectivity index (χ1) is 10.7. The molecule has 0 bridgehead atoms. The lowest BCUT2D eigenvalue weighted by molar-refractivity contribution is 0.111. The predicted octanol–water partition coefficient (Wildman–Crippen LogP) is 5.36. The van der Waals surface area contributed by atoms with Crippen LogP contribution in [0.2, 0.25) is 5.02 Å². The molecule has 4 heteroatoms. The second kappa shape index (κ2) is 6.19. The van der Waals surface area contributed by atoms with Crippen molar-refractivity contribution in [2.24, 2.45) is 0 Å². The predicted molar refractivity (Wildman–Crippen MR) is 94.4 cm³/mol. The zero-order chi connectivity index (χ0) is 15.7. The molecule has 0 N–H and O–H groups in total. The van der Waals surface area contributed by atoms with Gasteiger partial charge in [0, 0.05) is 27.2 Å². The SMILES string of the molecule is CCc1ccc2cc(-c3cc(Cl)ccc3SC)c(C=O)n2c1. The number of carbonyl (C=O) groups is 1. The molecule has 2 aromatic heterocycles. The molecule has 3 rings (SSSR count). The molecule has 0 aliphatic carbocycles. The van der Waals surface area contributed by atoms with Crippen molar-refractivity contribution < 1.29 is 4.79 Å². The van der Waals surface area contributed by atoms with Crippen LogP contribution in [0, 0.1) is 0 Å². The van der Waals surface area contributed by atoms with E-state index in [2.05, 4.69) is 25.1 Å². The third-order valence-corrected chi connectivity index (χ3v) is 4.87. The molecule has 0 saturated carbocycles. The Morgan fingerprint density at radius 1 is 1.18 bits per heavy atom. The molecule has 0 spiro atoms. The highest BCUT2D eigenvalue weighted by Gasteiger charge is 2.15. The fourth-order valence-electron chi connectivity index (χ4n) is 2.67. The van der Waals surface area contributed by atoms with Crippen molar-refractivity contribution in [2.75, 3.05) is 6.26 Å². The van der Waals surface area contributed by atoms with Gasteiger partial charge in [-0.25, -0.2) is 0 Å². The smallest absolute Gasteiger partial charge is 0.167 e.